The van der Waals surface area contributed by atoms with E-state index in [4.69, 9.17) is 23.2 Å². The first-order chi connectivity index (χ1) is 20.3. The zero-order valence-electron chi connectivity index (χ0n) is 28.5. The Morgan fingerprint density at radius 3 is 0.860 bits per heavy atom. The molecule has 0 aliphatic heterocycles. The number of aliphatic carboxylic acids is 2. The van der Waals surface area contributed by atoms with Gasteiger partial charge in [0.1, 0.15) is 0 Å². The van der Waals surface area contributed by atoms with Gasteiger partial charge in [-0.1, -0.05) is 155 Å². The molecule has 0 aromatic carbocycles. The molecule has 43 heavy (non-hydrogen) atoms. The van der Waals surface area contributed by atoms with E-state index in [-0.39, 0.29) is 72.5 Å². The number of hydrogen-bond acceptors (Lipinski definition) is 4. The molecule has 0 saturated carbocycles. The number of hydrogen-bond donors (Lipinski definition) is 0. The predicted octanol–water partition coefficient (Wildman–Crippen LogP) is 10.0. The Balaban J connectivity index is -0.000000727. The van der Waals surface area contributed by atoms with Crippen molar-refractivity contribution in [1.82, 2.24) is 0 Å². The standard InChI is InChI=1S/2C18H35ClO2.Ba/c2*1-2-3-4-5-6-7-8-9-10-11-12-14-17(19)15-13-16-18(20)21;/h2*17H,2-16H2,1H3,(H,20,21);/q;;+2/p-2. The Labute approximate surface area is 318 Å². The number of rotatable bonds is 32. The van der Waals surface area contributed by atoms with E-state index in [0.29, 0.717) is 12.8 Å². The van der Waals surface area contributed by atoms with Gasteiger partial charge in [0, 0.05) is 22.7 Å². The maximum atomic E-state index is 10.3. The third kappa shape index (κ3) is 47.6. The summed E-state index contributed by atoms with van der Waals surface area (Å²) in [5.74, 6) is -1.93. The summed E-state index contributed by atoms with van der Waals surface area (Å²) in [6, 6.07) is 0. The average Bonchev–Trinajstić information content (AvgIpc) is 2.94. The first-order valence-electron chi connectivity index (χ1n) is 18.0. The molecule has 0 aromatic rings. The van der Waals surface area contributed by atoms with Crippen molar-refractivity contribution in [2.75, 3.05) is 0 Å². The summed E-state index contributed by atoms with van der Waals surface area (Å²) >= 11 is 12.3. The maximum Gasteiger partial charge on any atom is 2.00 e. The topological polar surface area (TPSA) is 80.3 Å². The van der Waals surface area contributed by atoms with Gasteiger partial charge >= 0.3 is 48.9 Å². The van der Waals surface area contributed by atoms with Crippen LogP contribution in [-0.4, -0.2) is 71.6 Å². The Morgan fingerprint density at radius 2 is 0.628 bits per heavy atom. The van der Waals surface area contributed by atoms with Crippen LogP contribution in [0.15, 0.2) is 0 Å². The molecule has 0 saturated heterocycles. The normalized spacial score (nSPS) is 12.2. The van der Waals surface area contributed by atoms with Crippen LogP contribution in [0.3, 0.4) is 0 Å². The molecule has 7 heteroatoms. The van der Waals surface area contributed by atoms with Crippen LogP contribution < -0.4 is 10.2 Å². The molecule has 0 aromatic heterocycles. The van der Waals surface area contributed by atoms with E-state index >= 15 is 0 Å². The molecule has 2 unspecified atom stereocenters. The Hall–Kier alpha value is 1.09. The third-order valence-electron chi connectivity index (χ3n) is 8.04. The van der Waals surface area contributed by atoms with E-state index in [1.807, 2.05) is 0 Å². The molecule has 0 bridgehead atoms. The average molecular weight is 773 g/mol. The molecule has 0 spiro atoms. The molecule has 0 amide bonds. The van der Waals surface area contributed by atoms with E-state index in [0.717, 1.165) is 25.7 Å². The van der Waals surface area contributed by atoms with Gasteiger partial charge in [0.15, 0.2) is 0 Å². The number of carbonyl (C=O) groups excluding carboxylic acids is 2. The Kier molecular flexibility index (Phi) is 46.4. The molecule has 0 radical (unpaired) electrons. The fourth-order valence-electron chi connectivity index (χ4n) is 5.28. The second-order valence-corrected chi connectivity index (χ2v) is 13.6. The fourth-order valence-corrected chi connectivity index (χ4v) is 5.90. The summed E-state index contributed by atoms with van der Waals surface area (Å²) in [6.07, 6.45) is 34.9. The van der Waals surface area contributed by atoms with Gasteiger partial charge in [-0.05, 0) is 51.4 Å². The molecular weight excluding hydrogens is 705 g/mol. The Bertz CT molecular complexity index is 517. The summed E-state index contributed by atoms with van der Waals surface area (Å²) in [7, 11) is 0. The molecule has 0 aliphatic carbocycles. The summed E-state index contributed by atoms with van der Waals surface area (Å²) < 4.78 is 0. The van der Waals surface area contributed by atoms with Gasteiger partial charge in [0.25, 0.3) is 0 Å². The van der Waals surface area contributed by atoms with Crippen molar-refractivity contribution in [1.29, 1.82) is 0 Å². The minimum absolute atomic E-state index is 0. The smallest absolute Gasteiger partial charge is 0.550 e. The van der Waals surface area contributed by atoms with Crippen molar-refractivity contribution >= 4 is 84.0 Å². The van der Waals surface area contributed by atoms with Gasteiger partial charge in [0.2, 0.25) is 0 Å². The monoisotopic (exact) mass is 772 g/mol. The minimum atomic E-state index is -0.964. The molecule has 0 rings (SSSR count). The van der Waals surface area contributed by atoms with Gasteiger partial charge in [-0.25, -0.2) is 0 Å². The number of carbonyl (C=O) groups is 2. The van der Waals surface area contributed by atoms with Gasteiger partial charge in [0.05, 0.1) is 0 Å². The second kappa shape index (κ2) is 41.1. The van der Waals surface area contributed by atoms with Crippen LogP contribution in [-0.2, 0) is 9.59 Å². The van der Waals surface area contributed by atoms with Crippen LogP contribution >= 0.6 is 23.2 Å². The van der Waals surface area contributed by atoms with Crippen LogP contribution in [0.25, 0.3) is 0 Å². The first kappa shape index (κ1) is 48.5. The molecule has 0 fully saturated rings. The van der Waals surface area contributed by atoms with E-state index < -0.39 is 11.9 Å². The molecular formula is C36H68BaCl2O4. The van der Waals surface area contributed by atoms with Crippen molar-refractivity contribution < 1.29 is 19.8 Å². The molecule has 0 N–H and O–H groups in total. The van der Waals surface area contributed by atoms with Gasteiger partial charge < -0.3 is 19.8 Å². The third-order valence-corrected chi connectivity index (χ3v) is 8.91. The van der Waals surface area contributed by atoms with Crippen LogP contribution in [0.5, 0.6) is 0 Å². The van der Waals surface area contributed by atoms with Crippen molar-refractivity contribution in [3.05, 3.63) is 0 Å². The number of alkyl halides is 2. The van der Waals surface area contributed by atoms with E-state index in [9.17, 15) is 19.8 Å². The largest absolute Gasteiger partial charge is 2.00 e. The van der Waals surface area contributed by atoms with Gasteiger partial charge in [-0.2, -0.15) is 0 Å². The van der Waals surface area contributed by atoms with Crippen molar-refractivity contribution in [2.24, 2.45) is 0 Å². The van der Waals surface area contributed by atoms with Crippen molar-refractivity contribution in [2.45, 2.75) is 217 Å². The molecule has 0 heterocycles. The first-order valence-corrected chi connectivity index (χ1v) is 18.9. The second-order valence-electron chi connectivity index (χ2n) is 12.4. The zero-order chi connectivity index (χ0) is 31.5. The van der Waals surface area contributed by atoms with E-state index in [1.54, 1.807) is 0 Å². The fraction of sp³-hybridized carbons (Fsp3) is 0.944. The summed E-state index contributed by atoms with van der Waals surface area (Å²) in [5.41, 5.74) is 0. The van der Waals surface area contributed by atoms with Crippen LogP contribution in [0.2, 0.25) is 0 Å². The number of unbranched alkanes of at least 4 members (excludes halogenated alkanes) is 20. The van der Waals surface area contributed by atoms with Crippen molar-refractivity contribution in [3.63, 3.8) is 0 Å². The van der Waals surface area contributed by atoms with E-state index in [1.165, 1.54) is 141 Å². The maximum absolute atomic E-state index is 10.3. The number of carboxylic acid groups (broad SMARTS) is 2. The quantitative estimate of drug-likeness (QED) is 0.0388. The SMILES string of the molecule is CCCCCCCCCCCCCC(Cl)CCCC(=O)[O-].CCCCCCCCCCCCCC(Cl)CCCC(=O)[O-].[Ba+2]. The number of carboxylic acids is 2. The Morgan fingerprint density at radius 1 is 0.419 bits per heavy atom. The summed E-state index contributed by atoms with van der Waals surface area (Å²) in [4.78, 5) is 20.6. The van der Waals surface area contributed by atoms with Crippen molar-refractivity contribution in [3.8, 4) is 0 Å². The molecule has 0 aliphatic rings. The van der Waals surface area contributed by atoms with Crippen LogP contribution in [0, 0.1) is 0 Å². The van der Waals surface area contributed by atoms with Gasteiger partial charge in [-0.3, -0.25) is 0 Å². The van der Waals surface area contributed by atoms with Crippen LogP contribution in [0.4, 0.5) is 0 Å². The summed E-state index contributed by atoms with van der Waals surface area (Å²) in [5, 5.41) is 20.9. The minimum Gasteiger partial charge on any atom is -0.550 e. The molecule has 252 valence electrons. The molecule has 4 nitrogen and oxygen atoms in total. The van der Waals surface area contributed by atoms with Crippen LogP contribution in [0.1, 0.15) is 206 Å². The number of halogens is 2. The summed E-state index contributed by atoms with van der Waals surface area (Å²) in [6.45, 7) is 4.52. The predicted molar refractivity (Wildman–Crippen MR) is 185 cm³/mol. The van der Waals surface area contributed by atoms with E-state index in [2.05, 4.69) is 13.8 Å². The van der Waals surface area contributed by atoms with Gasteiger partial charge in [-0.15, -0.1) is 23.2 Å². The zero-order valence-corrected chi connectivity index (χ0v) is 34.4. The molecule has 2 atom stereocenters.